The first-order valence-electron chi connectivity index (χ1n) is 6.93. The number of fused-ring (bicyclic) bond motifs is 1. The molecule has 0 saturated heterocycles. The number of amides is 1. The molecule has 1 aromatic heterocycles. The number of hydrogen-bond acceptors (Lipinski definition) is 6. The second-order valence-electron chi connectivity index (χ2n) is 4.98. The Labute approximate surface area is 137 Å². The zero-order valence-electron chi connectivity index (χ0n) is 12.3. The molecule has 114 valence electrons. The topological polar surface area (TPSA) is 90.7 Å². The van der Waals surface area contributed by atoms with Gasteiger partial charge in [-0.3, -0.25) is 4.79 Å². The highest BCUT2D eigenvalue weighted by Gasteiger charge is 2.09. The average Bonchev–Trinajstić information content (AvgIpc) is 3.04. The van der Waals surface area contributed by atoms with Gasteiger partial charge in [0.2, 0.25) is 5.91 Å². The van der Waals surface area contributed by atoms with E-state index in [-0.39, 0.29) is 12.5 Å². The highest BCUT2D eigenvalue weighted by atomic mass is 32.1. The van der Waals surface area contributed by atoms with E-state index in [9.17, 15) is 4.79 Å². The van der Waals surface area contributed by atoms with Gasteiger partial charge in [0.25, 0.3) is 0 Å². The molecule has 2 aromatic carbocycles. The molecule has 6 nitrogen and oxygen atoms in total. The van der Waals surface area contributed by atoms with Crippen LogP contribution in [0.25, 0.3) is 11.0 Å². The van der Waals surface area contributed by atoms with Crippen LogP contribution in [-0.4, -0.2) is 21.2 Å². The predicted octanol–water partition coefficient (Wildman–Crippen LogP) is 2.92. The largest absolute Gasteiger partial charge is 0.376 e. The van der Waals surface area contributed by atoms with Crippen molar-refractivity contribution in [2.75, 3.05) is 17.2 Å². The Bertz CT molecular complexity index is 912. The van der Waals surface area contributed by atoms with Crippen LogP contribution in [-0.2, 0) is 4.79 Å². The van der Waals surface area contributed by atoms with E-state index in [1.165, 1.54) is 0 Å². The quantitative estimate of drug-likeness (QED) is 0.770. The number of hydrogen-bond donors (Lipinski definition) is 2. The van der Waals surface area contributed by atoms with Gasteiger partial charge in [-0.1, -0.05) is 12.1 Å². The Balaban J connectivity index is 1.69. The van der Waals surface area contributed by atoms with Gasteiger partial charge in [0.1, 0.15) is 11.0 Å². The summed E-state index contributed by atoms with van der Waals surface area (Å²) >= 11 is 1.11. The first kappa shape index (κ1) is 14.9. The number of anilines is 2. The zero-order chi connectivity index (χ0) is 16.2. The summed E-state index contributed by atoms with van der Waals surface area (Å²) in [6, 6.07) is 12.9. The number of carbonyl (C=O) groups excluding carboxylic acids is 1. The van der Waals surface area contributed by atoms with Crippen molar-refractivity contribution in [2.45, 2.75) is 6.92 Å². The van der Waals surface area contributed by atoms with Crippen LogP contribution < -0.4 is 10.6 Å². The lowest BCUT2D eigenvalue weighted by Crippen LogP contribution is -2.22. The summed E-state index contributed by atoms with van der Waals surface area (Å²) in [4.78, 5) is 12.1. The Morgan fingerprint density at radius 1 is 1.26 bits per heavy atom. The number of nitrogens with zero attached hydrogens (tertiary/aromatic N) is 3. The van der Waals surface area contributed by atoms with Crippen molar-refractivity contribution in [1.29, 1.82) is 5.26 Å². The molecular weight excluding hydrogens is 310 g/mol. The van der Waals surface area contributed by atoms with Gasteiger partial charge in [0, 0.05) is 5.69 Å². The Morgan fingerprint density at radius 3 is 2.96 bits per heavy atom. The number of aromatic nitrogens is 2. The van der Waals surface area contributed by atoms with Crippen molar-refractivity contribution in [2.24, 2.45) is 0 Å². The van der Waals surface area contributed by atoms with Crippen LogP contribution in [0.1, 0.15) is 11.1 Å². The molecule has 0 saturated carbocycles. The van der Waals surface area contributed by atoms with E-state index in [2.05, 4.69) is 25.4 Å². The number of benzene rings is 2. The van der Waals surface area contributed by atoms with Crippen LogP contribution in [0.15, 0.2) is 36.4 Å². The number of carbonyl (C=O) groups is 1. The van der Waals surface area contributed by atoms with Crippen molar-refractivity contribution >= 4 is 40.0 Å². The lowest BCUT2D eigenvalue weighted by molar-refractivity contribution is -0.114. The third-order valence-corrected chi connectivity index (χ3v) is 3.91. The molecular formula is C16H13N5OS. The summed E-state index contributed by atoms with van der Waals surface area (Å²) in [5.74, 6) is -0.188. The number of rotatable bonds is 4. The molecule has 0 aliphatic rings. The SMILES string of the molecule is Cc1ccc(C#N)cc1NCC(=O)Nc1cccc2nsnc12. The Hall–Kier alpha value is -2.98. The van der Waals surface area contributed by atoms with Crippen molar-refractivity contribution < 1.29 is 4.79 Å². The van der Waals surface area contributed by atoms with Gasteiger partial charge in [0.15, 0.2) is 0 Å². The summed E-state index contributed by atoms with van der Waals surface area (Å²) < 4.78 is 8.33. The van der Waals surface area contributed by atoms with Crippen molar-refractivity contribution in [3.63, 3.8) is 0 Å². The molecule has 3 aromatic rings. The van der Waals surface area contributed by atoms with Gasteiger partial charge >= 0.3 is 0 Å². The fraction of sp³-hybridized carbons (Fsp3) is 0.125. The van der Waals surface area contributed by atoms with E-state index in [0.717, 1.165) is 28.5 Å². The van der Waals surface area contributed by atoms with Crippen LogP contribution in [0.5, 0.6) is 0 Å². The number of aryl methyl sites for hydroxylation is 1. The second kappa shape index (κ2) is 6.42. The van der Waals surface area contributed by atoms with E-state index in [0.29, 0.717) is 16.8 Å². The lowest BCUT2D eigenvalue weighted by atomic mass is 10.1. The molecule has 0 bridgehead atoms. The van der Waals surface area contributed by atoms with Crippen molar-refractivity contribution in [3.05, 3.63) is 47.5 Å². The fourth-order valence-corrected chi connectivity index (χ4v) is 2.71. The van der Waals surface area contributed by atoms with Gasteiger partial charge in [-0.2, -0.15) is 14.0 Å². The van der Waals surface area contributed by atoms with Gasteiger partial charge < -0.3 is 10.6 Å². The number of nitriles is 1. The first-order chi connectivity index (χ1) is 11.2. The average molecular weight is 323 g/mol. The fourth-order valence-electron chi connectivity index (χ4n) is 2.16. The van der Waals surface area contributed by atoms with Crippen LogP contribution in [0.3, 0.4) is 0 Å². The van der Waals surface area contributed by atoms with Crippen LogP contribution >= 0.6 is 11.7 Å². The smallest absolute Gasteiger partial charge is 0.243 e. The molecule has 0 atom stereocenters. The van der Waals surface area contributed by atoms with E-state index >= 15 is 0 Å². The normalized spacial score (nSPS) is 10.3. The molecule has 0 aliphatic heterocycles. The highest BCUT2D eigenvalue weighted by Crippen LogP contribution is 2.21. The summed E-state index contributed by atoms with van der Waals surface area (Å²) in [6.07, 6.45) is 0. The molecule has 0 unspecified atom stereocenters. The van der Waals surface area contributed by atoms with E-state index in [4.69, 9.17) is 5.26 Å². The van der Waals surface area contributed by atoms with Crippen molar-refractivity contribution in [3.8, 4) is 6.07 Å². The molecule has 2 N–H and O–H groups in total. The van der Waals surface area contributed by atoms with E-state index < -0.39 is 0 Å². The maximum Gasteiger partial charge on any atom is 0.243 e. The Kier molecular flexibility index (Phi) is 4.17. The van der Waals surface area contributed by atoms with Gasteiger partial charge in [-0.25, -0.2) is 0 Å². The van der Waals surface area contributed by atoms with Gasteiger partial charge in [-0.05, 0) is 36.8 Å². The molecule has 1 heterocycles. The zero-order valence-corrected chi connectivity index (χ0v) is 13.1. The van der Waals surface area contributed by atoms with Gasteiger partial charge in [-0.15, -0.1) is 0 Å². The molecule has 0 radical (unpaired) electrons. The minimum Gasteiger partial charge on any atom is -0.376 e. The Morgan fingerprint density at radius 2 is 2.13 bits per heavy atom. The summed E-state index contributed by atoms with van der Waals surface area (Å²) in [5, 5.41) is 14.8. The van der Waals surface area contributed by atoms with Crippen LogP contribution in [0.4, 0.5) is 11.4 Å². The van der Waals surface area contributed by atoms with Crippen LogP contribution in [0, 0.1) is 18.3 Å². The van der Waals surface area contributed by atoms with Crippen LogP contribution in [0.2, 0.25) is 0 Å². The van der Waals surface area contributed by atoms with E-state index in [1.807, 2.05) is 25.1 Å². The highest BCUT2D eigenvalue weighted by molar-refractivity contribution is 7.00. The van der Waals surface area contributed by atoms with E-state index in [1.54, 1.807) is 18.2 Å². The molecule has 7 heteroatoms. The third kappa shape index (κ3) is 3.27. The summed E-state index contributed by atoms with van der Waals surface area (Å²) in [7, 11) is 0. The molecule has 0 spiro atoms. The third-order valence-electron chi connectivity index (χ3n) is 3.37. The monoisotopic (exact) mass is 323 g/mol. The molecule has 0 aliphatic carbocycles. The molecule has 0 fully saturated rings. The first-order valence-corrected chi connectivity index (χ1v) is 7.66. The molecule has 3 rings (SSSR count). The summed E-state index contributed by atoms with van der Waals surface area (Å²) in [5.41, 5.74) is 4.39. The molecule has 23 heavy (non-hydrogen) atoms. The maximum atomic E-state index is 12.1. The summed E-state index contributed by atoms with van der Waals surface area (Å²) in [6.45, 7) is 2.02. The maximum absolute atomic E-state index is 12.1. The minimum atomic E-state index is -0.188. The standard InChI is InChI=1S/C16H13N5OS/c1-10-5-6-11(8-17)7-14(10)18-9-15(22)19-12-3-2-4-13-16(12)21-23-20-13/h2-7,18H,9H2,1H3,(H,19,22). The predicted molar refractivity (Wildman–Crippen MR) is 90.4 cm³/mol. The number of nitrogens with one attached hydrogen (secondary N) is 2. The van der Waals surface area contributed by atoms with Crippen molar-refractivity contribution in [1.82, 2.24) is 8.75 Å². The lowest BCUT2D eigenvalue weighted by Gasteiger charge is -2.10. The molecule has 1 amide bonds. The second-order valence-corrected chi connectivity index (χ2v) is 5.51. The van der Waals surface area contributed by atoms with Gasteiger partial charge in [0.05, 0.1) is 35.6 Å². The minimum absolute atomic E-state index is 0.101.